The van der Waals surface area contributed by atoms with Crippen LogP contribution in [0.25, 0.3) is 55.0 Å². The lowest BCUT2D eigenvalue weighted by molar-refractivity contribution is 1.18. The number of rotatable bonds is 2. The quantitative estimate of drug-likeness (QED) is 0.294. The van der Waals surface area contributed by atoms with Gasteiger partial charge in [0.2, 0.25) is 0 Å². The Bertz CT molecular complexity index is 1540. The van der Waals surface area contributed by atoms with Gasteiger partial charge in [-0.1, -0.05) is 91.0 Å². The van der Waals surface area contributed by atoms with Crippen LogP contribution in [0.3, 0.4) is 0 Å². The summed E-state index contributed by atoms with van der Waals surface area (Å²) in [6.45, 7) is 0. The van der Waals surface area contributed by atoms with E-state index < -0.39 is 0 Å². The van der Waals surface area contributed by atoms with E-state index in [9.17, 15) is 0 Å². The van der Waals surface area contributed by atoms with Gasteiger partial charge in [0, 0.05) is 17.3 Å². The van der Waals surface area contributed by atoms with Crippen LogP contribution in [-0.4, -0.2) is 9.97 Å². The Hall–Kier alpha value is -4.04. The van der Waals surface area contributed by atoms with E-state index in [1.165, 1.54) is 32.3 Å². The molecule has 1 aromatic heterocycles. The smallest absolute Gasteiger partial charge is 0.160 e. The Labute approximate surface area is 174 Å². The fraction of sp³-hybridized carbons (Fsp3) is 0. The van der Waals surface area contributed by atoms with Crippen LogP contribution >= 0.6 is 0 Å². The average Bonchev–Trinajstić information content (AvgIpc) is 2.84. The second kappa shape index (κ2) is 6.78. The van der Waals surface area contributed by atoms with Gasteiger partial charge >= 0.3 is 0 Å². The van der Waals surface area contributed by atoms with E-state index in [0.717, 1.165) is 22.6 Å². The zero-order chi connectivity index (χ0) is 19.9. The van der Waals surface area contributed by atoms with Gasteiger partial charge in [-0.25, -0.2) is 9.97 Å². The number of hydrogen-bond donors (Lipinski definition) is 0. The number of nitrogens with zero attached hydrogens (tertiary/aromatic N) is 2. The van der Waals surface area contributed by atoms with Crippen LogP contribution in [0, 0.1) is 0 Å². The predicted molar refractivity (Wildman–Crippen MR) is 125 cm³/mol. The normalized spacial score (nSPS) is 11.3. The lowest BCUT2D eigenvalue weighted by Crippen LogP contribution is -1.93. The Kier molecular flexibility index (Phi) is 3.82. The van der Waals surface area contributed by atoms with Gasteiger partial charge < -0.3 is 0 Å². The molecule has 0 unspecified atom stereocenters. The Balaban J connectivity index is 1.67. The van der Waals surface area contributed by atoms with Crippen LogP contribution in [0.4, 0.5) is 0 Å². The molecular weight excluding hydrogens is 364 g/mol. The first-order chi connectivity index (χ1) is 14.9. The molecule has 0 aliphatic carbocycles. The van der Waals surface area contributed by atoms with Crippen molar-refractivity contribution in [3.8, 4) is 22.6 Å². The van der Waals surface area contributed by atoms with Crippen LogP contribution in [0.2, 0.25) is 0 Å². The summed E-state index contributed by atoms with van der Waals surface area (Å²) < 4.78 is 0. The molecule has 1 heterocycles. The van der Waals surface area contributed by atoms with Crippen LogP contribution in [-0.2, 0) is 0 Å². The van der Waals surface area contributed by atoms with Gasteiger partial charge in [0.1, 0.15) is 0 Å². The van der Waals surface area contributed by atoms with E-state index in [2.05, 4.69) is 83.8 Å². The van der Waals surface area contributed by atoms with Crippen molar-refractivity contribution >= 4 is 32.3 Å². The first-order valence-corrected chi connectivity index (χ1v) is 10.1. The van der Waals surface area contributed by atoms with Gasteiger partial charge in [-0.15, -0.1) is 0 Å². The van der Waals surface area contributed by atoms with E-state index in [4.69, 9.17) is 4.98 Å². The van der Waals surface area contributed by atoms with Gasteiger partial charge in [0.15, 0.2) is 5.82 Å². The fourth-order valence-electron chi connectivity index (χ4n) is 4.32. The van der Waals surface area contributed by atoms with Crippen molar-refractivity contribution < 1.29 is 0 Å². The Morgan fingerprint density at radius 3 is 2.10 bits per heavy atom. The van der Waals surface area contributed by atoms with Gasteiger partial charge in [-0.2, -0.15) is 0 Å². The second-order valence-electron chi connectivity index (χ2n) is 7.49. The fourth-order valence-corrected chi connectivity index (χ4v) is 4.32. The summed E-state index contributed by atoms with van der Waals surface area (Å²) in [5.41, 5.74) is 3.09. The van der Waals surface area contributed by atoms with Crippen LogP contribution in [0.5, 0.6) is 0 Å². The maximum Gasteiger partial charge on any atom is 0.160 e. The standard InChI is InChI=1S/C28H18N2/c1-2-9-20(10-3-1)26-16-17-29-28(30-26)25-18-21-15-14-19-8-4-5-11-22(19)27(21)24-13-7-6-12-23(24)25/h1-18H. The third-order valence-electron chi connectivity index (χ3n) is 5.71. The zero-order valence-corrected chi connectivity index (χ0v) is 16.3. The number of hydrogen-bond acceptors (Lipinski definition) is 2. The Morgan fingerprint density at radius 1 is 0.533 bits per heavy atom. The highest BCUT2D eigenvalue weighted by Gasteiger charge is 2.13. The molecule has 0 saturated heterocycles. The molecule has 0 amide bonds. The molecule has 0 aliphatic heterocycles. The summed E-state index contributed by atoms with van der Waals surface area (Å²) in [6, 6.07) is 36.0. The van der Waals surface area contributed by atoms with Crippen molar-refractivity contribution in [1.29, 1.82) is 0 Å². The molecule has 140 valence electrons. The molecule has 0 fully saturated rings. The molecule has 0 aliphatic rings. The van der Waals surface area contributed by atoms with Gasteiger partial charge in [-0.3, -0.25) is 0 Å². The minimum atomic E-state index is 0.752. The minimum absolute atomic E-state index is 0.752. The number of aromatic nitrogens is 2. The highest BCUT2D eigenvalue weighted by Crippen LogP contribution is 2.37. The van der Waals surface area contributed by atoms with E-state index in [1.807, 2.05) is 30.5 Å². The van der Waals surface area contributed by atoms with Gasteiger partial charge in [0.05, 0.1) is 5.69 Å². The molecule has 0 N–H and O–H groups in total. The summed E-state index contributed by atoms with van der Waals surface area (Å²) in [6.07, 6.45) is 1.85. The van der Waals surface area contributed by atoms with Crippen molar-refractivity contribution in [1.82, 2.24) is 9.97 Å². The summed E-state index contributed by atoms with van der Waals surface area (Å²) in [5.74, 6) is 0.752. The maximum atomic E-state index is 4.92. The molecule has 0 spiro atoms. The summed E-state index contributed by atoms with van der Waals surface area (Å²) in [7, 11) is 0. The molecule has 6 aromatic rings. The van der Waals surface area contributed by atoms with Crippen LogP contribution < -0.4 is 0 Å². The van der Waals surface area contributed by atoms with Crippen LogP contribution in [0.15, 0.2) is 109 Å². The lowest BCUT2D eigenvalue weighted by Gasteiger charge is -2.12. The molecule has 2 nitrogen and oxygen atoms in total. The molecule has 0 saturated carbocycles. The molecule has 5 aromatic carbocycles. The lowest BCUT2D eigenvalue weighted by atomic mass is 9.93. The summed E-state index contributed by atoms with van der Waals surface area (Å²) in [5, 5.41) is 7.42. The minimum Gasteiger partial charge on any atom is -0.237 e. The largest absolute Gasteiger partial charge is 0.237 e. The van der Waals surface area contributed by atoms with Crippen molar-refractivity contribution in [3.63, 3.8) is 0 Å². The van der Waals surface area contributed by atoms with Crippen molar-refractivity contribution in [3.05, 3.63) is 109 Å². The molecule has 0 atom stereocenters. The second-order valence-corrected chi connectivity index (χ2v) is 7.49. The van der Waals surface area contributed by atoms with Crippen LogP contribution in [0.1, 0.15) is 0 Å². The van der Waals surface area contributed by atoms with E-state index in [1.54, 1.807) is 0 Å². The molecule has 30 heavy (non-hydrogen) atoms. The third kappa shape index (κ3) is 2.66. The Morgan fingerprint density at radius 2 is 1.23 bits per heavy atom. The number of fused-ring (bicyclic) bond motifs is 5. The molecule has 0 radical (unpaired) electrons. The summed E-state index contributed by atoms with van der Waals surface area (Å²) in [4.78, 5) is 9.56. The van der Waals surface area contributed by atoms with Gasteiger partial charge in [-0.05, 0) is 44.5 Å². The third-order valence-corrected chi connectivity index (χ3v) is 5.71. The molecular formula is C28H18N2. The monoisotopic (exact) mass is 382 g/mol. The number of benzene rings is 5. The molecule has 0 bridgehead atoms. The van der Waals surface area contributed by atoms with E-state index >= 15 is 0 Å². The van der Waals surface area contributed by atoms with E-state index in [-0.39, 0.29) is 0 Å². The first-order valence-electron chi connectivity index (χ1n) is 10.1. The van der Waals surface area contributed by atoms with Crippen molar-refractivity contribution in [2.45, 2.75) is 0 Å². The molecule has 2 heteroatoms. The highest BCUT2D eigenvalue weighted by molar-refractivity contribution is 6.22. The van der Waals surface area contributed by atoms with Gasteiger partial charge in [0.25, 0.3) is 0 Å². The topological polar surface area (TPSA) is 25.8 Å². The van der Waals surface area contributed by atoms with Crippen molar-refractivity contribution in [2.75, 3.05) is 0 Å². The van der Waals surface area contributed by atoms with Crippen molar-refractivity contribution in [2.24, 2.45) is 0 Å². The van der Waals surface area contributed by atoms with E-state index in [0.29, 0.717) is 0 Å². The summed E-state index contributed by atoms with van der Waals surface area (Å²) >= 11 is 0. The highest BCUT2D eigenvalue weighted by atomic mass is 14.9. The maximum absolute atomic E-state index is 4.92. The first kappa shape index (κ1) is 16.9. The SMILES string of the molecule is c1ccc(-c2ccnc(-c3cc4ccc5ccccc5c4c4ccccc34)n2)cc1. The predicted octanol–water partition coefficient (Wildman–Crippen LogP) is 7.27. The zero-order valence-electron chi connectivity index (χ0n) is 16.3. The average molecular weight is 382 g/mol. The molecule has 6 rings (SSSR count).